The van der Waals surface area contributed by atoms with E-state index in [0.29, 0.717) is 6.54 Å². The van der Waals surface area contributed by atoms with Crippen molar-refractivity contribution in [3.8, 4) is 0 Å². The molecule has 0 atom stereocenters. The molecule has 98 valence electrons. The number of nitro benzene ring substituents is 1. The molecular weight excluding hydrogens is 228 g/mol. The summed E-state index contributed by atoms with van der Waals surface area (Å²) in [4.78, 5) is 10.6. The van der Waals surface area contributed by atoms with E-state index in [0.717, 1.165) is 11.1 Å². The van der Waals surface area contributed by atoms with Crippen LogP contribution in [-0.4, -0.2) is 10.5 Å². The predicted molar refractivity (Wildman–Crippen MR) is 71.5 cm³/mol. The summed E-state index contributed by atoms with van der Waals surface area (Å²) in [5.41, 5.74) is 2.13. The number of nitrogens with zero attached hydrogens (tertiary/aromatic N) is 1. The molecule has 1 aromatic carbocycles. The Morgan fingerprint density at radius 3 is 2.67 bits per heavy atom. The molecule has 1 saturated carbocycles. The van der Waals surface area contributed by atoms with Crippen LogP contribution in [0.15, 0.2) is 18.2 Å². The highest BCUT2D eigenvalue weighted by Crippen LogP contribution is 2.29. The molecule has 0 radical (unpaired) electrons. The molecule has 1 aromatic rings. The van der Waals surface area contributed by atoms with Gasteiger partial charge in [0.15, 0.2) is 0 Å². The van der Waals surface area contributed by atoms with E-state index in [1.54, 1.807) is 13.0 Å². The quantitative estimate of drug-likeness (QED) is 0.657. The number of aryl methyl sites for hydroxylation is 1. The summed E-state index contributed by atoms with van der Waals surface area (Å²) in [6.07, 6.45) is 4.94. The van der Waals surface area contributed by atoms with Gasteiger partial charge in [0.2, 0.25) is 0 Å². The lowest BCUT2D eigenvalue weighted by Gasteiger charge is -2.25. The minimum absolute atomic E-state index is 0.208. The summed E-state index contributed by atoms with van der Waals surface area (Å²) < 4.78 is 0. The Balaban J connectivity index is 2.05. The van der Waals surface area contributed by atoms with E-state index in [4.69, 9.17) is 0 Å². The summed E-state index contributed by atoms with van der Waals surface area (Å²) >= 11 is 0. The third-order valence-electron chi connectivity index (χ3n) is 3.90. The van der Waals surface area contributed by atoms with Crippen LogP contribution in [0.5, 0.6) is 0 Å². The van der Waals surface area contributed by atoms with Crippen molar-refractivity contribution < 1.29 is 4.92 Å². The molecule has 2 rings (SSSR count). The average molecular weight is 248 g/mol. The Labute approximate surface area is 108 Å². The minimum Gasteiger partial charge on any atom is -0.307 e. The largest absolute Gasteiger partial charge is 0.307 e. The van der Waals surface area contributed by atoms with Crippen LogP contribution in [0, 0.1) is 17.0 Å². The van der Waals surface area contributed by atoms with E-state index >= 15 is 0 Å². The SMILES string of the molecule is Cc1ccc(CNC2(C)CCCC2)cc1[N+](=O)[O-]. The molecule has 0 amide bonds. The van der Waals surface area contributed by atoms with Crippen molar-refractivity contribution in [3.63, 3.8) is 0 Å². The fraction of sp³-hybridized carbons (Fsp3) is 0.571. The van der Waals surface area contributed by atoms with Gasteiger partial charge in [-0.1, -0.05) is 25.0 Å². The van der Waals surface area contributed by atoms with Gasteiger partial charge < -0.3 is 5.32 Å². The maximum absolute atomic E-state index is 10.9. The Hall–Kier alpha value is -1.42. The van der Waals surface area contributed by atoms with Crippen molar-refractivity contribution in [1.29, 1.82) is 0 Å². The average Bonchev–Trinajstić information content (AvgIpc) is 2.75. The van der Waals surface area contributed by atoms with E-state index in [1.165, 1.54) is 25.7 Å². The molecule has 18 heavy (non-hydrogen) atoms. The highest BCUT2D eigenvalue weighted by Gasteiger charge is 2.27. The Morgan fingerprint density at radius 1 is 1.39 bits per heavy atom. The molecule has 4 nitrogen and oxygen atoms in total. The van der Waals surface area contributed by atoms with Crippen LogP contribution >= 0.6 is 0 Å². The van der Waals surface area contributed by atoms with E-state index in [2.05, 4.69) is 12.2 Å². The number of hydrogen-bond donors (Lipinski definition) is 1. The van der Waals surface area contributed by atoms with Crippen LogP contribution < -0.4 is 5.32 Å². The Kier molecular flexibility index (Phi) is 3.66. The van der Waals surface area contributed by atoms with Crippen LogP contribution in [0.2, 0.25) is 0 Å². The molecule has 4 heteroatoms. The molecule has 0 aromatic heterocycles. The van der Waals surface area contributed by atoms with Crippen molar-refractivity contribution in [2.75, 3.05) is 0 Å². The zero-order valence-electron chi connectivity index (χ0n) is 11.0. The lowest BCUT2D eigenvalue weighted by atomic mass is 10.00. The normalized spacial score (nSPS) is 17.9. The predicted octanol–water partition coefficient (Wildman–Crippen LogP) is 3.33. The second-order valence-corrected chi connectivity index (χ2v) is 5.50. The van der Waals surface area contributed by atoms with Gasteiger partial charge >= 0.3 is 0 Å². The Bertz CT molecular complexity index is 451. The molecule has 0 heterocycles. The number of rotatable bonds is 4. The van der Waals surface area contributed by atoms with Crippen LogP contribution in [0.4, 0.5) is 5.69 Å². The third kappa shape index (κ3) is 2.88. The first kappa shape index (κ1) is 13.0. The molecule has 0 saturated heterocycles. The van der Waals surface area contributed by atoms with Crippen molar-refractivity contribution in [2.24, 2.45) is 0 Å². The van der Waals surface area contributed by atoms with Crippen LogP contribution in [0.1, 0.15) is 43.7 Å². The van der Waals surface area contributed by atoms with E-state index in [9.17, 15) is 10.1 Å². The van der Waals surface area contributed by atoms with Gasteiger partial charge in [-0.15, -0.1) is 0 Å². The number of nitrogens with one attached hydrogen (secondary N) is 1. The molecule has 1 fully saturated rings. The van der Waals surface area contributed by atoms with Crippen LogP contribution in [0.3, 0.4) is 0 Å². The molecule has 0 unspecified atom stereocenters. The smallest absolute Gasteiger partial charge is 0.272 e. The fourth-order valence-corrected chi connectivity index (χ4v) is 2.61. The molecular formula is C14H20N2O2. The Morgan fingerprint density at radius 2 is 2.06 bits per heavy atom. The van der Waals surface area contributed by atoms with Gasteiger partial charge in [0, 0.05) is 23.7 Å². The topological polar surface area (TPSA) is 55.2 Å². The maximum Gasteiger partial charge on any atom is 0.272 e. The second-order valence-electron chi connectivity index (χ2n) is 5.50. The first-order chi connectivity index (χ1) is 8.50. The lowest BCUT2D eigenvalue weighted by Crippen LogP contribution is -2.38. The molecule has 1 aliphatic carbocycles. The molecule has 1 aliphatic rings. The fourth-order valence-electron chi connectivity index (χ4n) is 2.61. The third-order valence-corrected chi connectivity index (χ3v) is 3.90. The van der Waals surface area contributed by atoms with Crippen molar-refractivity contribution >= 4 is 5.69 Å². The van der Waals surface area contributed by atoms with Gasteiger partial charge in [0.05, 0.1) is 4.92 Å². The number of benzene rings is 1. The van der Waals surface area contributed by atoms with Crippen molar-refractivity contribution in [1.82, 2.24) is 5.32 Å². The van der Waals surface area contributed by atoms with Crippen LogP contribution in [0.25, 0.3) is 0 Å². The molecule has 0 bridgehead atoms. The van der Waals surface area contributed by atoms with E-state index in [-0.39, 0.29) is 16.1 Å². The number of hydrogen-bond acceptors (Lipinski definition) is 3. The van der Waals surface area contributed by atoms with Gasteiger partial charge in [-0.25, -0.2) is 0 Å². The number of nitro groups is 1. The molecule has 0 spiro atoms. The maximum atomic E-state index is 10.9. The summed E-state index contributed by atoms with van der Waals surface area (Å²) in [6, 6.07) is 5.47. The zero-order chi connectivity index (χ0) is 13.2. The van der Waals surface area contributed by atoms with Gasteiger partial charge in [-0.05, 0) is 32.3 Å². The summed E-state index contributed by atoms with van der Waals surface area (Å²) in [5.74, 6) is 0. The van der Waals surface area contributed by atoms with Gasteiger partial charge in [0.1, 0.15) is 0 Å². The van der Waals surface area contributed by atoms with Crippen molar-refractivity contribution in [3.05, 3.63) is 39.4 Å². The monoisotopic (exact) mass is 248 g/mol. The highest BCUT2D eigenvalue weighted by atomic mass is 16.6. The molecule has 0 aliphatic heterocycles. The van der Waals surface area contributed by atoms with E-state index < -0.39 is 0 Å². The first-order valence-corrected chi connectivity index (χ1v) is 6.49. The van der Waals surface area contributed by atoms with Crippen molar-refractivity contribution in [2.45, 2.75) is 51.6 Å². The molecule has 1 N–H and O–H groups in total. The van der Waals surface area contributed by atoms with Gasteiger partial charge in [-0.3, -0.25) is 10.1 Å². The summed E-state index contributed by atoms with van der Waals surface area (Å²) in [5, 5.41) is 14.4. The second kappa shape index (κ2) is 5.06. The summed E-state index contributed by atoms with van der Waals surface area (Å²) in [7, 11) is 0. The lowest BCUT2D eigenvalue weighted by molar-refractivity contribution is -0.385. The van der Waals surface area contributed by atoms with Crippen LogP contribution in [-0.2, 0) is 6.54 Å². The highest BCUT2D eigenvalue weighted by molar-refractivity contribution is 5.42. The van der Waals surface area contributed by atoms with Gasteiger partial charge in [-0.2, -0.15) is 0 Å². The van der Waals surface area contributed by atoms with E-state index in [1.807, 2.05) is 12.1 Å². The zero-order valence-corrected chi connectivity index (χ0v) is 11.0. The first-order valence-electron chi connectivity index (χ1n) is 6.49. The summed E-state index contributed by atoms with van der Waals surface area (Å²) in [6.45, 7) is 4.72. The van der Waals surface area contributed by atoms with Gasteiger partial charge in [0.25, 0.3) is 5.69 Å². The standard InChI is InChI=1S/C14H20N2O2/c1-11-5-6-12(9-13(11)16(17)18)10-15-14(2)7-3-4-8-14/h5-6,9,15H,3-4,7-8,10H2,1-2H3. The minimum atomic E-state index is -0.309.